The second-order valence-electron chi connectivity index (χ2n) is 11.3. The van der Waals surface area contributed by atoms with E-state index < -0.39 is 40.4 Å². The third kappa shape index (κ3) is 5.77. The SMILES string of the molecule is O=C1OCc2cc(NC(=O)[C@](O)(Cc3ccc(-c4ccccc4)cc3)CC3(c4cc(C(F)(F)F)ccc4F)CC3)ccc21. The molecule has 1 aliphatic carbocycles. The molecular weight excluding hydrogens is 562 g/mol. The predicted molar refractivity (Wildman–Crippen MR) is 152 cm³/mol. The molecule has 6 rings (SSSR count). The highest BCUT2D eigenvalue weighted by Crippen LogP contribution is 2.55. The first-order chi connectivity index (χ1) is 20.5. The number of aliphatic hydroxyl groups is 1. The zero-order valence-electron chi connectivity index (χ0n) is 22.9. The first-order valence-corrected chi connectivity index (χ1v) is 13.8. The van der Waals surface area contributed by atoms with Crippen LogP contribution in [-0.4, -0.2) is 22.6 Å². The molecule has 1 atom stereocenters. The molecule has 1 fully saturated rings. The van der Waals surface area contributed by atoms with Gasteiger partial charge in [0.2, 0.25) is 0 Å². The third-order valence-electron chi connectivity index (χ3n) is 8.27. The topological polar surface area (TPSA) is 75.6 Å². The molecule has 1 amide bonds. The molecule has 2 aliphatic rings. The van der Waals surface area contributed by atoms with E-state index in [0.29, 0.717) is 41.3 Å². The molecule has 1 aliphatic heterocycles. The van der Waals surface area contributed by atoms with E-state index in [1.54, 1.807) is 18.2 Å². The number of alkyl halides is 3. The number of benzene rings is 4. The molecule has 4 aromatic carbocycles. The quantitative estimate of drug-likeness (QED) is 0.168. The summed E-state index contributed by atoms with van der Waals surface area (Å²) in [4.78, 5) is 25.6. The van der Waals surface area contributed by atoms with E-state index in [9.17, 15) is 27.9 Å². The van der Waals surface area contributed by atoms with Crippen molar-refractivity contribution < 1.29 is 37.0 Å². The van der Waals surface area contributed by atoms with Gasteiger partial charge < -0.3 is 15.2 Å². The molecular formula is C34H27F4NO4. The number of cyclic esters (lactones) is 1. The highest BCUT2D eigenvalue weighted by molar-refractivity contribution is 5.99. The number of ether oxygens (including phenoxy) is 1. The van der Waals surface area contributed by atoms with Gasteiger partial charge in [0.25, 0.3) is 5.91 Å². The van der Waals surface area contributed by atoms with Crippen LogP contribution in [-0.2, 0) is 34.2 Å². The van der Waals surface area contributed by atoms with Gasteiger partial charge >= 0.3 is 12.1 Å². The summed E-state index contributed by atoms with van der Waals surface area (Å²) in [5.41, 5.74) is -0.626. The van der Waals surface area contributed by atoms with Crippen molar-refractivity contribution in [2.45, 2.75) is 49.5 Å². The maximum Gasteiger partial charge on any atom is 0.416 e. The van der Waals surface area contributed by atoms with E-state index >= 15 is 4.39 Å². The lowest BCUT2D eigenvalue weighted by Gasteiger charge is -2.32. The fraction of sp³-hybridized carbons (Fsp3) is 0.235. The zero-order chi connectivity index (χ0) is 30.4. The molecule has 5 nitrogen and oxygen atoms in total. The van der Waals surface area contributed by atoms with Gasteiger partial charge in [0.05, 0.1) is 11.1 Å². The van der Waals surface area contributed by atoms with Crippen molar-refractivity contribution in [2.75, 3.05) is 5.32 Å². The molecule has 1 saturated carbocycles. The molecule has 0 bridgehead atoms. The third-order valence-corrected chi connectivity index (χ3v) is 8.27. The van der Waals surface area contributed by atoms with Crippen LogP contribution >= 0.6 is 0 Å². The van der Waals surface area contributed by atoms with E-state index in [0.717, 1.165) is 23.3 Å². The van der Waals surface area contributed by atoms with Crippen molar-refractivity contribution in [2.24, 2.45) is 0 Å². The highest BCUT2D eigenvalue weighted by atomic mass is 19.4. The monoisotopic (exact) mass is 589 g/mol. The number of hydrogen-bond donors (Lipinski definition) is 2. The van der Waals surface area contributed by atoms with Crippen LogP contribution in [0.1, 0.15) is 51.9 Å². The van der Waals surface area contributed by atoms with Gasteiger partial charge in [-0.3, -0.25) is 4.79 Å². The number of anilines is 1. The average molecular weight is 590 g/mol. The minimum Gasteiger partial charge on any atom is -0.457 e. The van der Waals surface area contributed by atoms with Crippen molar-refractivity contribution in [3.05, 3.63) is 125 Å². The molecule has 43 heavy (non-hydrogen) atoms. The number of nitrogens with one attached hydrogen (secondary N) is 1. The van der Waals surface area contributed by atoms with Gasteiger partial charge in [-0.2, -0.15) is 13.2 Å². The Morgan fingerprint density at radius 1 is 0.907 bits per heavy atom. The van der Waals surface area contributed by atoms with E-state index in [1.807, 2.05) is 42.5 Å². The molecule has 220 valence electrons. The highest BCUT2D eigenvalue weighted by Gasteiger charge is 2.54. The number of esters is 1. The second-order valence-corrected chi connectivity index (χ2v) is 11.3. The van der Waals surface area contributed by atoms with Crippen LogP contribution < -0.4 is 5.32 Å². The summed E-state index contributed by atoms with van der Waals surface area (Å²) < 4.78 is 60.6. The van der Waals surface area contributed by atoms with Crippen LogP contribution in [0.5, 0.6) is 0 Å². The van der Waals surface area contributed by atoms with Crippen LogP contribution in [0.2, 0.25) is 0 Å². The largest absolute Gasteiger partial charge is 0.457 e. The van der Waals surface area contributed by atoms with Gasteiger partial charge in [-0.15, -0.1) is 0 Å². The number of carbonyl (C=O) groups is 2. The predicted octanol–water partition coefficient (Wildman–Crippen LogP) is 7.22. The van der Waals surface area contributed by atoms with Gasteiger partial charge in [-0.1, -0.05) is 54.6 Å². The first-order valence-electron chi connectivity index (χ1n) is 13.8. The van der Waals surface area contributed by atoms with Gasteiger partial charge in [0.1, 0.15) is 18.0 Å². The molecule has 9 heteroatoms. The normalized spacial score (nSPS) is 16.6. The zero-order valence-corrected chi connectivity index (χ0v) is 22.9. The van der Waals surface area contributed by atoms with Crippen molar-refractivity contribution >= 4 is 17.6 Å². The Morgan fingerprint density at radius 3 is 2.28 bits per heavy atom. The fourth-order valence-corrected chi connectivity index (χ4v) is 5.82. The lowest BCUT2D eigenvalue weighted by Crippen LogP contribution is -2.47. The minimum absolute atomic E-state index is 0.0494. The smallest absolute Gasteiger partial charge is 0.416 e. The number of halogens is 4. The number of carbonyl (C=O) groups excluding carboxylic acids is 2. The summed E-state index contributed by atoms with van der Waals surface area (Å²) in [5.74, 6) is -2.07. The van der Waals surface area contributed by atoms with Crippen molar-refractivity contribution in [1.29, 1.82) is 0 Å². The molecule has 0 spiro atoms. The van der Waals surface area contributed by atoms with Gasteiger partial charge in [0.15, 0.2) is 0 Å². The van der Waals surface area contributed by atoms with Crippen LogP contribution in [0.3, 0.4) is 0 Å². The minimum atomic E-state index is -4.68. The molecule has 0 unspecified atom stereocenters. The molecule has 1 heterocycles. The fourth-order valence-electron chi connectivity index (χ4n) is 5.82. The Kier molecular flexibility index (Phi) is 7.08. The number of rotatable bonds is 8. The molecule has 4 aromatic rings. The van der Waals surface area contributed by atoms with E-state index in [2.05, 4.69) is 5.32 Å². The van der Waals surface area contributed by atoms with Crippen molar-refractivity contribution in [3.8, 4) is 11.1 Å². The first kappa shape index (κ1) is 28.6. The Bertz CT molecular complexity index is 1700. The Hall–Kier alpha value is -4.50. The number of amides is 1. The summed E-state index contributed by atoms with van der Waals surface area (Å²) in [7, 11) is 0. The second kappa shape index (κ2) is 10.6. The number of fused-ring (bicyclic) bond motifs is 1. The lowest BCUT2D eigenvalue weighted by molar-refractivity contribution is -0.138. The van der Waals surface area contributed by atoms with Crippen LogP contribution in [0, 0.1) is 5.82 Å². The molecule has 0 aromatic heterocycles. The van der Waals surface area contributed by atoms with E-state index in [4.69, 9.17) is 4.74 Å². The summed E-state index contributed by atoms with van der Waals surface area (Å²) in [6, 6.07) is 23.8. The Morgan fingerprint density at radius 2 is 1.60 bits per heavy atom. The van der Waals surface area contributed by atoms with Gasteiger partial charge in [-0.25, -0.2) is 9.18 Å². The summed E-state index contributed by atoms with van der Waals surface area (Å²) >= 11 is 0. The maximum atomic E-state index is 15.0. The summed E-state index contributed by atoms with van der Waals surface area (Å²) in [5, 5.41) is 14.7. The number of hydrogen-bond acceptors (Lipinski definition) is 4. The lowest BCUT2D eigenvalue weighted by atomic mass is 9.78. The average Bonchev–Trinajstić information content (AvgIpc) is 3.66. The Balaban J connectivity index is 1.33. The summed E-state index contributed by atoms with van der Waals surface area (Å²) in [6.07, 6.45) is -4.51. The molecule has 0 saturated heterocycles. The maximum absolute atomic E-state index is 15.0. The van der Waals surface area contributed by atoms with E-state index in [1.165, 1.54) is 12.1 Å². The molecule has 2 N–H and O–H groups in total. The standard InChI is InChI=1S/C34H27F4NO4/c35-29-13-10-25(34(36,37)38)17-28(29)32(14-15-32)20-33(42,18-21-6-8-23(9-7-21)22-4-2-1-3-5-22)31(41)39-26-11-12-27-24(16-26)19-43-30(27)40/h1-13,16-17,42H,14-15,18-20H2,(H,39,41)/t33-/m0/s1. The Labute approximate surface area is 245 Å². The van der Waals surface area contributed by atoms with Crippen LogP contribution in [0.25, 0.3) is 11.1 Å². The van der Waals surface area contributed by atoms with Crippen LogP contribution in [0.4, 0.5) is 23.2 Å². The van der Waals surface area contributed by atoms with Gasteiger partial charge in [0, 0.05) is 23.1 Å². The summed E-state index contributed by atoms with van der Waals surface area (Å²) in [6.45, 7) is 0.0494. The van der Waals surface area contributed by atoms with Crippen molar-refractivity contribution in [3.63, 3.8) is 0 Å². The van der Waals surface area contributed by atoms with Crippen molar-refractivity contribution in [1.82, 2.24) is 0 Å². The molecule has 0 radical (unpaired) electrons. The van der Waals surface area contributed by atoms with E-state index in [-0.39, 0.29) is 25.0 Å². The van der Waals surface area contributed by atoms with Gasteiger partial charge in [-0.05, 0) is 77.9 Å². The van der Waals surface area contributed by atoms with Crippen LogP contribution in [0.15, 0.2) is 91.0 Å².